The predicted octanol–water partition coefficient (Wildman–Crippen LogP) is 4.30. The van der Waals surface area contributed by atoms with E-state index in [0.717, 1.165) is 13.0 Å². The first-order valence-corrected chi connectivity index (χ1v) is 10.1. The van der Waals surface area contributed by atoms with Crippen LogP contribution in [0.25, 0.3) is 0 Å². The minimum atomic E-state index is 0.434. The lowest BCUT2D eigenvalue weighted by Crippen LogP contribution is -2.22. The molecule has 1 fully saturated rings. The first-order chi connectivity index (χ1) is 13.1. The predicted molar refractivity (Wildman–Crippen MR) is 117 cm³/mol. The van der Waals surface area contributed by atoms with Crippen LogP contribution in [0.2, 0.25) is 0 Å². The van der Waals surface area contributed by atoms with Crippen molar-refractivity contribution >= 4 is 17.3 Å². The molecule has 1 aromatic rings. The fraction of sp³-hybridized carbons (Fsp3) is 0.636. The molecule has 2 rings (SSSR count). The molecule has 148 valence electrons. The maximum atomic E-state index is 6.22. The first kappa shape index (κ1) is 22.6. The van der Waals surface area contributed by atoms with Crippen LogP contribution in [-0.4, -0.2) is 30.1 Å². The molecule has 0 atom stereocenters. The second-order valence-corrected chi connectivity index (χ2v) is 6.93. The van der Waals surface area contributed by atoms with Crippen LogP contribution < -0.4 is 16.0 Å². The van der Waals surface area contributed by atoms with Gasteiger partial charge in [-0.2, -0.15) is 0 Å². The summed E-state index contributed by atoms with van der Waals surface area (Å²) in [7, 11) is 1.88. The number of nitrogens with zero attached hydrogens (tertiary/aromatic N) is 3. The minimum absolute atomic E-state index is 0.434. The van der Waals surface area contributed by atoms with Gasteiger partial charge in [0, 0.05) is 19.5 Å². The van der Waals surface area contributed by atoms with Crippen molar-refractivity contribution in [2.75, 3.05) is 36.1 Å². The lowest BCUT2D eigenvalue weighted by atomic mass is 9.90. The zero-order valence-corrected chi connectivity index (χ0v) is 17.4. The Balaban J connectivity index is 0.00000114. The number of nitrogen functional groups attached to an aromatic ring is 1. The van der Waals surface area contributed by atoms with Crippen LogP contribution in [0, 0.1) is 30.1 Å². The molecule has 1 heterocycles. The molecule has 1 aliphatic rings. The molecular formula is C22H35N5. The smallest absolute Gasteiger partial charge is 0.208 e. The third kappa shape index (κ3) is 7.79. The van der Waals surface area contributed by atoms with Gasteiger partial charge in [0.15, 0.2) is 11.6 Å². The van der Waals surface area contributed by atoms with Gasteiger partial charge in [-0.1, -0.05) is 58.3 Å². The van der Waals surface area contributed by atoms with Crippen LogP contribution in [0.5, 0.6) is 0 Å². The molecule has 27 heavy (non-hydrogen) atoms. The van der Waals surface area contributed by atoms with Crippen LogP contribution in [0.3, 0.4) is 0 Å². The van der Waals surface area contributed by atoms with Gasteiger partial charge in [-0.05, 0) is 25.2 Å². The van der Waals surface area contributed by atoms with E-state index in [1.165, 1.54) is 38.5 Å². The Kier molecular flexibility index (Phi) is 10.8. The van der Waals surface area contributed by atoms with E-state index in [-0.39, 0.29) is 0 Å². The fourth-order valence-electron chi connectivity index (χ4n) is 2.81. The Bertz CT molecular complexity index is 660. The summed E-state index contributed by atoms with van der Waals surface area (Å²) in [5.41, 5.74) is 6.74. The average Bonchev–Trinajstić information content (AvgIpc) is 2.67. The van der Waals surface area contributed by atoms with Crippen molar-refractivity contribution < 1.29 is 0 Å². The molecule has 3 N–H and O–H groups in total. The Morgan fingerprint density at radius 3 is 2.44 bits per heavy atom. The van der Waals surface area contributed by atoms with Crippen molar-refractivity contribution in [1.29, 1.82) is 0 Å². The number of aromatic nitrogens is 2. The highest BCUT2D eigenvalue weighted by Crippen LogP contribution is 2.27. The molecule has 1 aliphatic carbocycles. The molecule has 0 amide bonds. The summed E-state index contributed by atoms with van der Waals surface area (Å²) < 4.78 is 0. The summed E-state index contributed by atoms with van der Waals surface area (Å²) >= 11 is 0. The Hall–Kier alpha value is -2.40. The molecule has 1 aromatic heterocycles. The van der Waals surface area contributed by atoms with Crippen molar-refractivity contribution in [1.82, 2.24) is 9.97 Å². The number of rotatable bonds is 5. The second kappa shape index (κ2) is 12.9. The van der Waals surface area contributed by atoms with E-state index in [1.54, 1.807) is 0 Å². The van der Waals surface area contributed by atoms with E-state index < -0.39 is 0 Å². The number of terminal acetylenes is 1. The maximum absolute atomic E-state index is 6.22. The number of anilines is 3. The molecule has 0 spiro atoms. The van der Waals surface area contributed by atoms with Gasteiger partial charge in [-0.3, -0.25) is 0 Å². The van der Waals surface area contributed by atoms with E-state index in [1.807, 2.05) is 11.9 Å². The van der Waals surface area contributed by atoms with Crippen molar-refractivity contribution in [3.63, 3.8) is 0 Å². The molecule has 0 radical (unpaired) electrons. The van der Waals surface area contributed by atoms with E-state index in [2.05, 4.69) is 53.8 Å². The monoisotopic (exact) mass is 369 g/mol. The van der Waals surface area contributed by atoms with Crippen molar-refractivity contribution in [2.24, 2.45) is 5.92 Å². The molecular weight excluding hydrogens is 334 g/mol. The van der Waals surface area contributed by atoms with Crippen molar-refractivity contribution in [3.05, 3.63) is 5.82 Å². The molecule has 0 saturated heterocycles. The molecule has 5 heteroatoms. The summed E-state index contributed by atoms with van der Waals surface area (Å²) in [4.78, 5) is 10.9. The molecule has 0 bridgehead atoms. The van der Waals surface area contributed by atoms with Crippen LogP contribution in [0.15, 0.2) is 0 Å². The zero-order valence-electron chi connectivity index (χ0n) is 17.4. The first-order valence-electron chi connectivity index (χ1n) is 10.1. The third-order valence-corrected chi connectivity index (χ3v) is 4.15. The lowest BCUT2D eigenvalue weighted by molar-refractivity contribution is 0.430. The van der Waals surface area contributed by atoms with Gasteiger partial charge in [0.25, 0.3) is 0 Å². The fourth-order valence-corrected chi connectivity index (χ4v) is 2.81. The molecule has 0 aromatic carbocycles. The van der Waals surface area contributed by atoms with Crippen LogP contribution in [0.1, 0.15) is 71.5 Å². The molecule has 1 saturated carbocycles. The highest BCUT2D eigenvalue weighted by molar-refractivity contribution is 5.75. The summed E-state index contributed by atoms with van der Waals surface area (Å²) in [6.45, 7) is 7.58. The third-order valence-electron chi connectivity index (χ3n) is 4.15. The van der Waals surface area contributed by atoms with Gasteiger partial charge in [0.2, 0.25) is 5.82 Å². The summed E-state index contributed by atoms with van der Waals surface area (Å²) in [5, 5.41) is 3.26. The van der Waals surface area contributed by atoms with Gasteiger partial charge in [0.1, 0.15) is 5.69 Å². The molecule has 0 aliphatic heterocycles. The average molecular weight is 370 g/mol. The lowest BCUT2D eigenvalue weighted by Gasteiger charge is -2.19. The van der Waals surface area contributed by atoms with E-state index in [4.69, 9.17) is 12.2 Å². The highest BCUT2D eigenvalue weighted by atomic mass is 15.2. The molecule has 5 nitrogen and oxygen atoms in total. The van der Waals surface area contributed by atoms with Gasteiger partial charge in [-0.25, -0.2) is 9.97 Å². The van der Waals surface area contributed by atoms with Crippen molar-refractivity contribution in [3.8, 4) is 24.2 Å². The summed E-state index contributed by atoms with van der Waals surface area (Å²) in [6.07, 6.45) is 13.8. The second-order valence-electron chi connectivity index (χ2n) is 6.93. The van der Waals surface area contributed by atoms with Gasteiger partial charge < -0.3 is 16.0 Å². The Morgan fingerprint density at radius 2 is 1.85 bits per heavy atom. The van der Waals surface area contributed by atoms with Gasteiger partial charge >= 0.3 is 0 Å². The topological polar surface area (TPSA) is 67.1 Å². The minimum Gasteiger partial charge on any atom is -0.393 e. The van der Waals surface area contributed by atoms with Crippen LogP contribution >= 0.6 is 0 Å². The SMILES string of the molecule is C#CCN(C)c1nc(C#CC2CCCCC2)nc(NCCC)c1N.CCC. The number of nitrogens with two attached hydrogens (primary N) is 1. The number of hydrogen-bond donors (Lipinski definition) is 2. The quantitative estimate of drug-likeness (QED) is 0.758. The van der Waals surface area contributed by atoms with E-state index in [0.29, 0.717) is 35.6 Å². The summed E-state index contributed by atoms with van der Waals surface area (Å²) in [5.74, 6) is 11.3. The normalized spacial score (nSPS) is 13.4. The largest absolute Gasteiger partial charge is 0.393 e. The highest BCUT2D eigenvalue weighted by Gasteiger charge is 2.15. The number of nitrogens with one attached hydrogen (secondary N) is 1. The standard InChI is InChI=1S/C19H27N5.C3H8/c1-4-13-21-18-17(20)19(24(3)14-5-2)23-16(22-18)12-11-15-9-7-6-8-10-15;1-3-2/h2,15H,4,6-10,13-14,20H2,1,3H3,(H,21,22,23);3H2,1-2H3. The Labute approximate surface area is 165 Å². The number of hydrogen-bond acceptors (Lipinski definition) is 5. The van der Waals surface area contributed by atoms with E-state index >= 15 is 0 Å². The summed E-state index contributed by atoms with van der Waals surface area (Å²) in [6, 6.07) is 0. The van der Waals surface area contributed by atoms with Gasteiger partial charge in [-0.15, -0.1) is 6.42 Å². The van der Waals surface area contributed by atoms with Crippen LogP contribution in [0.4, 0.5) is 17.3 Å². The van der Waals surface area contributed by atoms with Crippen molar-refractivity contribution in [2.45, 2.75) is 65.7 Å². The molecule has 0 unspecified atom stereocenters. The zero-order chi connectivity index (χ0) is 20.1. The Morgan fingerprint density at radius 1 is 1.19 bits per heavy atom. The van der Waals surface area contributed by atoms with Crippen LogP contribution in [-0.2, 0) is 0 Å². The van der Waals surface area contributed by atoms with E-state index in [9.17, 15) is 0 Å². The van der Waals surface area contributed by atoms with Gasteiger partial charge in [0.05, 0.1) is 6.54 Å². The maximum Gasteiger partial charge on any atom is 0.208 e.